The molecule has 1 amide bonds. The highest BCUT2D eigenvalue weighted by molar-refractivity contribution is 6.51. The number of aliphatic hydroxyl groups is 1. The van der Waals surface area contributed by atoms with E-state index in [1.54, 1.807) is 61.7 Å². The van der Waals surface area contributed by atoms with Crippen LogP contribution in [0.2, 0.25) is 0 Å². The number of aliphatic hydroxyl groups excluding tert-OH is 1. The Morgan fingerprint density at radius 1 is 0.889 bits per heavy atom. The number of nitrogens with zero attached hydrogens (tertiary/aromatic N) is 1. The van der Waals surface area contributed by atoms with Gasteiger partial charge in [0.2, 0.25) is 0 Å². The number of carbonyl (C=O) groups is 2. The quantitative estimate of drug-likeness (QED) is 0.243. The van der Waals surface area contributed by atoms with E-state index in [2.05, 4.69) is 0 Å². The van der Waals surface area contributed by atoms with E-state index in [0.717, 1.165) is 6.42 Å². The lowest BCUT2D eigenvalue weighted by molar-refractivity contribution is -0.132. The van der Waals surface area contributed by atoms with Crippen LogP contribution in [0.4, 0.5) is 5.69 Å². The van der Waals surface area contributed by atoms with Gasteiger partial charge in [0, 0.05) is 11.3 Å². The molecule has 0 radical (unpaired) electrons. The molecule has 0 bridgehead atoms. The minimum atomic E-state index is -0.852. The zero-order chi connectivity index (χ0) is 25.7. The topological polar surface area (TPSA) is 85.3 Å². The summed E-state index contributed by atoms with van der Waals surface area (Å²) in [6, 6.07) is 20.0. The summed E-state index contributed by atoms with van der Waals surface area (Å²) in [5, 5.41) is 11.3. The third kappa shape index (κ3) is 4.91. The lowest BCUT2D eigenvalue weighted by Gasteiger charge is -2.26. The summed E-state index contributed by atoms with van der Waals surface area (Å²) >= 11 is 0. The van der Waals surface area contributed by atoms with Gasteiger partial charge in [-0.2, -0.15) is 0 Å². The van der Waals surface area contributed by atoms with Crippen molar-refractivity contribution in [2.24, 2.45) is 0 Å². The number of amides is 1. The monoisotopic (exact) mass is 487 g/mol. The Hall–Kier alpha value is -4.26. The highest BCUT2D eigenvalue weighted by atomic mass is 16.5. The highest BCUT2D eigenvalue weighted by Crippen LogP contribution is 2.43. The molecule has 0 aromatic heterocycles. The van der Waals surface area contributed by atoms with Crippen molar-refractivity contribution in [3.8, 4) is 17.2 Å². The van der Waals surface area contributed by atoms with Crippen molar-refractivity contribution in [3.63, 3.8) is 0 Å². The van der Waals surface area contributed by atoms with Gasteiger partial charge in [0.15, 0.2) is 0 Å². The van der Waals surface area contributed by atoms with Gasteiger partial charge in [0.25, 0.3) is 11.7 Å². The third-order valence-corrected chi connectivity index (χ3v) is 5.88. The molecule has 1 fully saturated rings. The number of rotatable bonds is 9. The maximum atomic E-state index is 13.3. The molecule has 1 atom stereocenters. The van der Waals surface area contributed by atoms with Crippen molar-refractivity contribution < 1.29 is 28.9 Å². The van der Waals surface area contributed by atoms with Crippen molar-refractivity contribution in [1.82, 2.24) is 0 Å². The Balaban J connectivity index is 1.86. The fraction of sp³-hybridized carbons (Fsp3) is 0.241. The van der Waals surface area contributed by atoms with Gasteiger partial charge < -0.3 is 19.3 Å². The van der Waals surface area contributed by atoms with Crippen molar-refractivity contribution in [2.75, 3.05) is 25.2 Å². The summed E-state index contributed by atoms with van der Waals surface area (Å²) in [6.07, 6.45) is 0.840. The Labute approximate surface area is 210 Å². The molecule has 3 aromatic carbocycles. The second kappa shape index (κ2) is 11.0. The maximum Gasteiger partial charge on any atom is 0.300 e. The van der Waals surface area contributed by atoms with Crippen LogP contribution in [0.25, 0.3) is 5.76 Å². The summed E-state index contributed by atoms with van der Waals surface area (Å²) in [6.45, 7) is 4.94. The molecule has 7 nitrogen and oxygen atoms in total. The summed E-state index contributed by atoms with van der Waals surface area (Å²) in [4.78, 5) is 28.1. The fourth-order valence-electron chi connectivity index (χ4n) is 4.18. The molecular formula is C29H29NO6. The number of anilines is 1. The first-order chi connectivity index (χ1) is 17.5. The number of ketones is 1. The first-order valence-electron chi connectivity index (χ1n) is 11.9. The Kier molecular flexibility index (Phi) is 7.59. The van der Waals surface area contributed by atoms with E-state index >= 15 is 0 Å². The van der Waals surface area contributed by atoms with Crippen molar-refractivity contribution in [3.05, 3.63) is 89.5 Å². The molecule has 1 aliphatic rings. The number of hydrogen-bond donors (Lipinski definition) is 1. The summed E-state index contributed by atoms with van der Waals surface area (Å²) in [7, 11) is 1.56. The predicted octanol–water partition coefficient (Wildman–Crippen LogP) is 5.51. The number of methoxy groups -OCH3 is 1. The van der Waals surface area contributed by atoms with Gasteiger partial charge in [-0.15, -0.1) is 0 Å². The third-order valence-electron chi connectivity index (χ3n) is 5.88. The number of ether oxygens (including phenoxy) is 3. The Morgan fingerprint density at radius 2 is 1.58 bits per heavy atom. The van der Waals surface area contributed by atoms with Crippen LogP contribution < -0.4 is 19.1 Å². The molecule has 0 saturated carbocycles. The molecule has 1 unspecified atom stereocenters. The molecule has 3 aromatic rings. The van der Waals surface area contributed by atoms with Crippen molar-refractivity contribution >= 4 is 23.1 Å². The van der Waals surface area contributed by atoms with Crippen LogP contribution in [0.3, 0.4) is 0 Å². The standard InChI is InChI=1S/C29H29NO6/c1-4-17-36-24-8-6-7-20(18-24)26-25(27(31)19-9-13-23(14-10-19)35-5-2)28(32)29(33)30(26)21-11-15-22(34-3)16-12-21/h6-16,18,26,31H,4-5,17H2,1-3H3/b27-25-. The largest absolute Gasteiger partial charge is 0.507 e. The van der Waals surface area contributed by atoms with E-state index in [0.29, 0.717) is 47.3 Å². The van der Waals surface area contributed by atoms with Crippen LogP contribution in [0.1, 0.15) is 37.4 Å². The number of Topliss-reactive ketones (excluding diaryl/α,β-unsaturated/α-hetero) is 1. The molecule has 0 spiro atoms. The van der Waals surface area contributed by atoms with E-state index in [1.807, 2.05) is 32.0 Å². The van der Waals surface area contributed by atoms with E-state index in [-0.39, 0.29) is 11.3 Å². The van der Waals surface area contributed by atoms with Gasteiger partial charge in [0.1, 0.15) is 23.0 Å². The van der Waals surface area contributed by atoms with E-state index in [4.69, 9.17) is 14.2 Å². The van der Waals surface area contributed by atoms with Gasteiger partial charge in [-0.3, -0.25) is 14.5 Å². The van der Waals surface area contributed by atoms with Gasteiger partial charge in [0.05, 0.1) is 31.9 Å². The first kappa shape index (κ1) is 24.9. The van der Waals surface area contributed by atoms with Crippen LogP contribution >= 0.6 is 0 Å². The van der Waals surface area contributed by atoms with Crippen LogP contribution in [-0.4, -0.2) is 37.1 Å². The Morgan fingerprint density at radius 3 is 2.22 bits per heavy atom. The highest BCUT2D eigenvalue weighted by Gasteiger charge is 2.47. The van der Waals surface area contributed by atoms with Crippen LogP contribution in [0.15, 0.2) is 78.4 Å². The zero-order valence-electron chi connectivity index (χ0n) is 20.6. The number of benzene rings is 3. The zero-order valence-corrected chi connectivity index (χ0v) is 20.6. The average molecular weight is 488 g/mol. The second-order valence-corrected chi connectivity index (χ2v) is 8.25. The van der Waals surface area contributed by atoms with Crippen LogP contribution in [-0.2, 0) is 9.59 Å². The molecule has 1 saturated heterocycles. The SMILES string of the molecule is CCCOc1cccc(C2/C(=C(/O)c3ccc(OCC)cc3)C(=O)C(=O)N2c2ccc(OC)cc2)c1. The lowest BCUT2D eigenvalue weighted by Crippen LogP contribution is -2.29. The lowest BCUT2D eigenvalue weighted by atomic mass is 9.95. The van der Waals surface area contributed by atoms with Gasteiger partial charge in [-0.05, 0) is 79.6 Å². The van der Waals surface area contributed by atoms with Crippen molar-refractivity contribution in [1.29, 1.82) is 0 Å². The van der Waals surface area contributed by atoms with Gasteiger partial charge in [-0.25, -0.2) is 0 Å². The summed E-state index contributed by atoms with van der Waals surface area (Å²) in [5.41, 5.74) is 1.57. The molecule has 1 heterocycles. The smallest absolute Gasteiger partial charge is 0.300 e. The minimum Gasteiger partial charge on any atom is -0.507 e. The fourth-order valence-corrected chi connectivity index (χ4v) is 4.18. The molecule has 36 heavy (non-hydrogen) atoms. The van der Waals surface area contributed by atoms with E-state index in [9.17, 15) is 14.7 Å². The second-order valence-electron chi connectivity index (χ2n) is 8.25. The summed E-state index contributed by atoms with van der Waals surface area (Å²) < 4.78 is 16.5. The van der Waals surface area contributed by atoms with E-state index < -0.39 is 17.7 Å². The molecule has 186 valence electrons. The molecule has 1 N–H and O–H groups in total. The predicted molar refractivity (Wildman–Crippen MR) is 138 cm³/mol. The molecule has 7 heteroatoms. The maximum absolute atomic E-state index is 13.3. The van der Waals surface area contributed by atoms with Crippen LogP contribution in [0.5, 0.6) is 17.2 Å². The minimum absolute atomic E-state index is 0.00706. The summed E-state index contributed by atoms with van der Waals surface area (Å²) in [5.74, 6) is 0.147. The Bertz CT molecular complexity index is 1260. The molecule has 1 aliphatic heterocycles. The molecule has 4 rings (SSSR count). The normalized spacial score (nSPS) is 16.8. The van der Waals surface area contributed by atoms with Gasteiger partial charge in [-0.1, -0.05) is 19.1 Å². The first-order valence-corrected chi connectivity index (χ1v) is 11.9. The van der Waals surface area contributed by atoms with Crippen LogP contribution in [0, 0.1) is 0 Å². The van der Waals surface area contributed by atoms with Crippen molar-refractivity contribution in [2.45, 2.75) is 26.3 Å². The average Bonchev–Trinajstić information content (AvgIpc) is 3.18. The van der Waals surface area contributed by atoms with E-state index in [1.165, 1.54) is 4.90 Å². The molecular weight excluding hydrogens is 458 g/mol. The molecule has 0 aliphatic carbocycles. The number of carbonyl (C=O) groups excluding carboxylic acids is 2. The number of hydrogen-bond acceptors (Lipinski definition) is 6. The van der Waals surface area contributed by atoms with Gasteiger partial charge >= 0.3 is 0 Å².